The number of likely N-dealkylation sites (tertiary alicyclic amines) is 1. The van der Waals surface area contributed by atoms with Gasteiger partial charge in [0.2, 0.25) is 5.91 Å². The highest BCUT2D eigenvalue weighted by molar-refractivity contribution is 5.78. The van der Waals surface area contributed by atoms with E-state index in [1.165, 1.54) is 4.90 Å². The Balaban J connectivity index is 2.02. The number of hydrogen-bond donors (Lipinski definition) is 0. The van der Waals surface area contributed by atoms with Crippen molar-refractivity contribution in [2.45, 2.75) is 25.2 Å². The van der Waals surface area contributed by atoms with Gasteiger partial charge in [-0.15, -0.1) is 0 Å². The van der Waals surface area contributed by atoms with Crippen LogP contribution in [0.2, 0.25) is 0 Å². The molecule has 1 heterocycles. The maximum atomic E-state index is 13.3. The summed E-state index contributed by atoms with van der Waals surface area (Å²) in [6.45, 7) is 0.527. The Bertz CT molecular complexity index is 324. The number of carbonyl (C=O) groups is 1. The molecule has 1 saturated heterocycles. The summed E-state index contributed by atoms with van der Waals surface area (Å²) in [4.78, 5) is 12.8. The second-order valence-electron chi connectivity index (χ2n) is 4.30. The molecule has 1 amide bonds. The lowest BCUT2D eigenvalue weighted by atomic mass is 9.99. The number of hydrogen-bond acceptors (Lipinski definition) is 2. The number of nitriles is 1. The number of nitrogens with zero attached hydrogens (tertiary/aromatic N) is 2. The number of carbonyl (C=O) groups excluding carboxylic acids is 1. The second kappa shape index (κ2) is 3.44. The van der Waals surface area contributed by atoms with Crippen LogP contribution in [0.4, 0.5) is 8.78 Å². The van der Waals surface area contributed by atoms with E-state index in [9.17, 15) is 13.6 Å². The van der Waals surface area contributed by atoms with Gasteiger partial charge in [-0.2, -0.15) is 5.26 Å². The van der Waals surface area contributed by atoms with Crippen LogP contribution in [0.5, 0.6) is 0 Å². The van der Waals surface area contributed by atoms with Gasteiger partial charge in [0, 0.05) is 25.4 Å². The van der Waals surface area contributed by atoms with Crippen LogP contribution in [-0.4, -0.2) is 29.8 Å². The van der Waals surface area contributed by atoms with E-state index >= 15 is 0 Å². The van der Waals surface area contributed by atoms with E-state index in [2.05, 4.69) is 0 Å². The van der Waals surface area contributed by atoms with Gasteiger partial charge in [-0.3, -0.25) is 4.79 Å². The van der Waals surface area contributed by atoms with Gasteiger partial charge in [0.15, 0.2) is 0 Å². The fourth-order valence-electron chi connectivity index (χ4n) is 2.59. The Hall–Kier alpha value is -1.18. The molecule has 0 bridgehead atoms. The first-order chi connectivity index (χ1) is 7.04. The van der Waals surface area contributed by atoms with Crippen molar-refractivity contribution in [2.75, 3.05) is 13.1 Å². The highest BCUT2D eigenvalue weighted by atomic mass is 19.3. The van der Waals surface area contributed by atoms with E-state index in [0.717, 1.165) is 0 Å². The zero-order valence-corrected chi connectivity index (χ0v) is 8.25. The molecule has 0 aromatic carbocycles. The Morgan fingerprint density at radius 1 is 1.53 bits per heavy atom. The molecule has 82 valence electrons. The van der Waals surface area contributed by atoms with Crippen LogP contribution in [0, 0.1) is 23.2 Å². The van der Waals surface area contributed by atoms with Crippen molar-refractivity contribution in [3.8, 4) is 6.07 Å². The van der Waals surface area contributed by atoms with E-state index in [1.807, 2.05) is 0 Å². The van der Waals surface area contributed by atoms with Crippen molar-refractivity contribution in [1.82, 2.24) is 4.90 Å². The molecule has 0 spiro atoms. The third-order valence-corrected chi connectivity index (χ3v) is 3.41. The smallest absolute Gasteiger partial charge is 0.252 e. The maximum Gasteiger partial charge on any atom is 0.252 e. The molecule has 0 N–H and O–H groups in total. The molecule has 2 fully saturated rings. The van der Waals surface area contributed by atoms with Crippen molar-refractivity contribution in [2.24, 2.45) is 11.8 Å². The summed E-state index contributed by atoms with van der Waals surface area (Å²) in [5.74, 6) is -3.68. The van der Waals surface area contributed by atoms with E-state index in [-0.39, 0.29) is 31.2 Å². The average molecular weight is 214 g/mol. The van der Waals surface area contributed by atoms with Crippen molar-refractivity contribution in [3.05, 3.63) is 0 Å². The molecule has 2 atom stereocenters. The molecule has 0 aromatic rings. The van der Waals surface area contributed by atoms with Gasteiger partial charge in [0.1, 0.15) is 6.42 Å². The SMILES string of the molecule is N#CCC(=O)N1C[C@@H]2CCC(F)(F)[C@@H]2C1. The first-order valence-electron chi connectivity index (χ1n) is 5.07. The topological polar surface area (TPSA) is 44.1 Å². The predicted octanol–water partition coefficient (Wildman–Crippen LogP) is 1.40. The highest BCUT2D eigenvalue weighted by Gasteiger charge is 2.54. The quantitative estimate of drug-likeness (QED) is 0.662. The number of fused-ring (bicyclic) bond motifs is 1. The molecule has 0 unspecified atom stereocenters. The lowest BCUT2D eigenvalue weighted by Crippen LogP contribution is -2.32. The van der Waals surface area contributed by atoms with E-state index in [4.69, 9.17) is 5.26 Å². The standard InChI is InChI=1S/C10H12F2N2O/c11-10(12)3-1-7-5-14(6-8(7)10)9(15)2-4-13/h7-8H,1-3,5-6H2/t7-,8+/m0/s1. The summed E-state index contributed by atoms with van der Waals surface area (Å²) in [6.07, 6.45) is 0.238. The molecule has 1 aliphatic carbocycles. The van der Waals surface area contributed by atoms with Gasteiger partial charge in [0.05, 0.1) is 6.07 Å². The number of halogens is 2. The molecule has 5 heteroatoms. The van der Waals surface area contributed by atoms with Crippen LogP contribution in [0.1, 0.15) is 19.3 Å². The van der Waals surface area contributed by atoms with Crippen molar-refractivity contribution in [1.29, 1.82) is 5.26 Å². The Morgan fingerprint density at radius 3 is 2.87 bits per heavy atom. The first kappa shape index (κ1) is 10.3. The largest absolute Gasteiger partial charge is 0.341 e. The van der Waals surface area contributed by atoms with E-state index in [0.29, 0.717) is 13.0 Å². The van der Waals surface area contributed by atoms with Gasteiger partial charge in [-0.25, -0.2) is 8.78 Å². The van der Waals surface area contributed by atoms with Gasteiger partial charge in [-0.05, 0) is 12.3 Å². The second-order valence-corrected chi connectivity index (χ2v) is 4.30. The molecule has 2 aliphatic rings. The van der Waals surface area contributed by atoms with Gasteiger partial charge < -0.3 is 4.90 Å². The normalized spacial score (nSPS) is 32.5. The minimum atomic E-state index is -2.62. The molecule has 1 aliphatic heterocycles. The number of amides is 1. The molecule has 2 rings (SSSR count). The highest BCUT2D eigenvalue weighted by Crippen LogP contribution is 2.48. The number of alkyl halides is 2. The molecule has 0 aromatic heterocycles. The monoisotopic (exact) mass is 214 g/mol. The third kappa shape index (κ3) is 1.69. The summed E-state index contributed by atoms with van der Waals surface area (Å²) in [5.41, 5.74) is 0. The van der Waals surface area contributed by atoms with Crippen molar-refractivity contribution >= 4 is 5.91 Å². The maximum absolute atomic E-state index is 13.3. The summed E-state index contributed by atoms with van der Waals surface area (Å²) in [7, 11) is 0. The zero-order valence-electron chi connectivity index (χ0n) is 8.25. The van der Waals surface area contributed by atoms with Crippen LogP contribution in [0.3, 0.4) is 0 Å². The minimum absolute atomic E-state index is 0.0530. The molecule has 15 heavy (non-hydrogen) atoms. The summed E-state index contributed by atoms with van der Waals surface area (Å²) >= 11 is 0. The summed E-state index contributed by atoms with van der Waals surface area (Å²) in [6, 6.07) is 1.75. The Kier molecular flexibility index (Phi) is 2.37. The van der Waals surface area contributed by atoms with Crippen LogP contribution in [0.25, 0.3) is 0 Å². The lowest BCUT2D eigenvalue weighted by molar-refractivity contribution is -0.130. The third-order valence-electron chi connectivity index (χ3n) is 3.41. The van der Waals surface area contributed by atoms with Crippen LogP contribution >= 0.6 is 0 Å². The Morgan fingerprint density at radius 2 is 2.27 bits per heavy atom. The van der Waals surface area contributed by atoms with E-state index < -0.39 is 11.8 Å². The fourth-order valence-corrected chi connectivity index (χ4v) is 2.59. The molecular weight excluding hydrogens is 202 g/mol. The summed E-state index contributed by atoms with van der Waals surface area (Å²) in [5, 5.41) is 8.36. The molecule has 1 saturated carbocycles. The van der Waals surface area contributed by atoms with Gasteiger partial charge >= 0.3 is 0 Å². The predicted molar refractivity (Wildman–Crippen MR) is 48.0 cm³/mol. The molecule has 3 nitrogen and oxygen atoms in total. The average Bonchev–Trinajstić information content (AvgIpc) is 2.68. The zero-order chi connectivity index (χ0) is 11.1. The van der Waals surface area contributed by atoms with Gasteiger partial charge in [-0.1, -0.05) is 0 Å². The summed E-state index contributed by atoms with van der Waals surface area (Å²) < 4.78 is 26.6. The molecule has 0 radical (unpaired) electrons. The number of rotatable bonds is 1. The van der Waals surface area contributed by atoms with Crippen molar-refractivity contribution < 1.29 is 13.6 Å². The molecular formula is C10H12F2N2O. The van der Waals surface area contributed by atoms with Crippen LogP contribution in [0.15, 0.2) is 0 Å². The van der Waals surface area contributed by atoms with Gasteiger partial charge in [0.25, 0.3) is 5.92 Å². The lowest BCUT2D eigenvalue weighted by Gasteiger charge is -2.19. The first-order valence-corrected chi connectivity index (χ1v) is 5.07. The fraction of sp³-hybridized carbons (Fsp3) is 0.800. The Labute approximate surface area is 86.7 Å². The van der Waals surface area contributed by atoms with Crippen LogP contribution in [-0.2, 0) is 4.79 Å². The van der Waals surface area contributed by atoms with Crippen LogP contribution < -0.4 is 0 Å². The van der Waals surface area contributed by atoms with Crippen molar-refractivity contribution in [3.63, 3.8) is 0 Å². The van der Waals surface area contributed by atoms with E-state index in [1.54, 1.807) is 6.07 Å². The minimum Gasteiger partial charge on any atom is -0.341 e.